The van der Waals surface area contributed by atoms with Crippen molar-refractivity contribution >= 4 is 0 Å². The van der Waals surface area contributed by atoms with E-state index < -0.39 is 0 Å². The van der Waals surface area contributed by atoms with E-state index in [0.29, 0.717) is 0 Å². The van der Waals surface area contributed by atoms with Gasteiger partial charge >= 0.3 is 0 Å². The molecule has 12 heavy (non-hydrogen) atoms. The molecule has 0 unspecified atom stereocenters. The number of hydrogen-bond donors (Lipinski definition) is 0. The van der Waals surface area contributed by atoms with Gasteiger partial charge in [0.05, 0.1) is 18.1 Å². The van der Waals surface area contributed by atoms with E-state index >= 15 is 0 Å². The highest BCUT2D eigenvalue weighted by molar-refractivity contribution is 5.30. The van der Waals surface area contributed by atoms with Gasteiger partial charge in [-0.05, 0) is 26.2 Å². The Morgan fingerprint density at radius 1 is 1.25 bits per heavy atom. The molecule has 0 N–H and O–H groups in total. The van der Waals surface area contributed by atoms with Gasteiger partial charge in [-0.25, -0.2) is 0 Å². The van der Waals surface area contributed by atoms with E-state index in [1.165, 1.54) is 37.7 Å². The summed E-state index contributed by atoms with van der Waals surface area (Å²) in [5.41, 5.74) is 3.08. The predicted octanol–water partition coefficient (Wildman–Crippen LogP) is 4.04. The topological polar surface area (TPSA) is 0 Å². The van der Waals surface area contributed by atoms with Crippen LogP contribution in [0, 0.1) is 6.08 Å². The standard InChI is InChI=1S/C12H19/c1-3-7-11-9-5-6-10-12(11)8-4-2/h7H,3-6,9-10H2,1-2H3/q+1. The van der Waals surface area contributed by atoms with Crippen molar-refractivity contribution in [1.29, 1.82) is 0 Å². The quantitative estimate of drug-likeness (QED) is 0.539. The molecule has 1 aliphatic carbocycles. The smallest absolute Gasteiger partial charge is 0.0601 e. The van der Waals surface area contributed by atoms with Crippen molar-refractivity contribution < 1.29 is 0 Å². The van der Waals surface area contributed by atoms with Crippen LogP contribution in [-0.2, 0) is 0 Å². The minimum atomic E-state index is 1.07. The van der Waals surface area contributed by atoms with E-state index in [9.17, 15) is 0 Å². The first-order valence-corrected chi connectivity index (χ1v) is 5.17. The van der Waals surface area contributed by atoms with Crippen LogP contribution >= 0.6 is 0 Å². The van der Waals surface area contributed by atoms with Crippen LogP contribution in [0.4, 0.5) is 0 Å². The molecule has 0 radical (unpaired) electrons. The highest BCUT2D eigenvalue weighted by atomic mass is 14.1. The lowest BCUT2D eigenvalue weighted by Crippen LogP contribution is -1.98. The first-order chi connectivity index (χ1) is 5.88. The Balaban J connectivity index is 2.67. The lowest BCUT2D eigenvalue weighted by atomic mass is 9.88. The van der Waals surface area contributed by atoms with Crippen LogP contribution in [0.5, 0.6) is 0 Å². The molecule has 0 heterocycles. The molecule has 0 nitrogen and oxygen atoms in total. The zero-order valence-electron chi connectivity index (χ0n) is 8.32. The van der Waals surface area contributed by atoms with Gasteiger partial charge in [0, 0.05) is 18.9 Å². The zero-order valence-corrected chi connectivity index (χ0v) is 8.32. The fourth-order valence-corrected chi connectivity index (χ4v) is 1.82. The fourth-order valence-electron chi connectivity index (χ4n) is 1.82. The Labute approximate surface area is 76.4 Å². The molecule has 1 saturated carbocycles. The third-order valence-electron chi connectivity index (χ3n) is 2.35. The summed E-state index contributed by atoms with van der Waals surface area (Å²) in [5.74, 6) is 0. The minimum absolute atomic E-state index is 1.07. The van der Waals surface area contributed by atoms with E-state index in [-0.39, 0.29) is 0 Å². The number of rotatable bonds is 2. The Morgan fingerprint density at radius 3 is 2.67 bits per heavy atom. The molecular weight excluding hydrogens is 144 g/mol. The highest BCUT2D eigenvalue weighted by Gasteiger charge is 2.20. The average Bonchev–Trinajstić information content (AvgIpc) is 2.09. The van der Waals surface area contributed by atoms with Crippen molar-refractivity contribution in [2.24, 2.45) is 0 Å². The molecular formula is C12H19+. The highest BCUT2D eigenvalue weighted by Crippen LogP contribution is 2.28. The molecule has 0 aromatic heterocycles. The molecule has 0 saturated heterocycles. The second-order valence-corrected chi connectivity index (χ2v) is 3.35. The van der Waals surface area contributed by atoms with Gasteiger partial charge < -0.3 is 0 Å². The van der Waals surface area contributed by atoms with E-state index in [2.05, 4.69) is 26.0 Å². The lowest BCUT2D eigenvalue weighted by molar-refractivity contribution is 0.671. The molecule has 66 valence electrons. The van der Waals surface area contributed by atoms with Gasteiger partial charge in [-0.1, -0.05) is 6.92 Å². The van der Waals surface area contributed by atoms with Gasteiger partial charge in [-0.2, -0.15) is 0 Å². The van der Waals surface area contributed by atoms with Gasteiger partial charge in [0.25, 0.3) is 0 Å². The van der Waals surface area contributed by atoms with E-state index in [0.717, 1.165) is 6.42 Å². The second-order valence-electron chi connectivity index (χ2n) is 3.35. The summed E-state index contributed by atoms with van der Waals surface area (Å²) in [6.45, 7) is 4.39. The molecule has 1 aliphatic rings. The van der Waals surface area contributed by atoms with Crippen LogP contribution in [0.1, 0.15) is 52.4 Å². The minimum Gasteiger partial charge on any atom is -0.0601 e. The van der Waals surface area contributed by atoms with E-state index in [4.69, 9.17) is 0 Å². The molecule has 0 amide bonds. The Bertz CT molecular complexity index is 162. The Kier molecular flexibility index (Phi) is 4.04. The van der Waals surface area contributed by atoms with Gasteiger partial charge in [-0.3, -0.25) is 0 Å². The van der Waals surface area contributed by atoms with Crippen molar-refractivity contribution in [2.75, 3.05) is 0 Å². The lowest BCUT2D eigenvalue weighted by Gasteiger charge is -2.08. The molecule has 0 atom stereocenters. The summed E-state index contributed by atoms with van der Waals surface area (Å²) >= 11 is 0. The molecule has 0 aromatic carbocycles. The maximum absolute atomic E-state index is 3.47. The van der Waals surface area contributed by atoms with Crippen LogP contribution in [0.3, 0.4) is 0 Å². The second kappa shape index (κ2) is 5.11. The first kappa shape index (κ1) is 9.48. The van der Waals surface area contributed by atoms with Crippen LogP contribution < -0.4 is 0 Å². The Morgan fingerprint density at radius 2 is 2.00 bits per heavy atom. The molecule has 0 spiro atoms. The molecule has 1 rings (SSSR count). The van der Waals surface area contributed by atoms with Crippen molar-refractivity contribution in [3.05, 3.63) is 23.3 Å². The third kappa shape index (κ3) is 2.46. The molecule has 0 bridgehead atoms. The number of allylic oxidation sites excluding steroid dienone is 4. The van der Waals surface area contributed by atoms with Crippen molar-refractivity contribution in [1.82, 2.24) is 0 Å². The van der Waals surface area contributed by atoms with Gasteiger partial charge in [0.2, 0.25) is 0 Å². The molecule has 1 fully saturated rings. The summed E-state index contributed by atoms with van der Waals surface area (Å²) in [6, 6.07) is 0. The van der Waals surface area contributed by atoms with E-state index in [1.54, 1.807) is 5.57 Å². The summed E-state index contributed by atoms with van der Waals surface area (Å²) in [7, 11) is 0. The SMILES string of the molecule is CC[C+]=C1CCCCC1=CCC. The maximum atomic E-state index is 3.47. The molecule has 0 aromatic rings. The average molecular weight is 163 g/mol. The van der Waals surface area contributed by atoms with Crippen molar-refractivity contribution in [3.8, 4) is 0 Å². The molecule has 0 aliphatic heterocycles. The van der Waals surface area contributed by atoms with E-state index in [1.807, 2.05) is 0 Å². The predicted molar refractivity (Wildman–Crippen MR) is 53.9 cm³/mol. The largest absolute Gasteiger partial charge is 0.169 e. The first-order valence-electron chi connectivity index (χ1n) is 5.17. The summed E-state index contributed by atoms with van der Waals surface area (Å²) in [5, 5.41) is 0. The van der Waals surface area contributed by atoms with Crippen LogP contribution in [-0.4, -0.2) is 0 Å². The van der Waals surface area contributed by atoms with Crippen LogP contribution in [0.2, 0.25) is 0 Å². The van der Waals surface area contributed by atoms with Crippen LogP contribution in [0.25, 0.3) is 0 Å². The monoisotopic (exact) mass is 163 g/mol. The van der Waals surface area contributed by atoms with Gasteiger partial charge in [-0.15, -0.1) is 0 Å². The van der Waals surface area contributed by atoms with Crippen molar-refractivity contribution in [3.63, 3.8) is 0 Å². The summed E-state index contributed by atoms with van der Waals surface area (Å²) < 4.78 is 0. The van der Waals surface area contributed by atoms with Crippen molar-refractivity contribution in [2.45, 2.75) is 52.4 Å². The molecule has 0 heteroatoms. The zero-order chi connectivity index (χ0) is 8.81. The fraction of sp³-hybridized carbons (Fsp3) is 0.667. The Hall–Kier alpha value is -0.610. The maximum Gasteiger partial charge on any atom is 0.169 e. The third-order valence-corrected chi connectivity index (χ3v) is 2.35. The normalized spacial score (nSPS) is 24.5. The number of hydrogen-bond acceptors (Lipinski definition) is 0. The summed E-state index contributed by atoms with van der Waals surface area (Å²) in [6.07, 6.45) is 13.4. The summed E-state index contributed by atoms with van der Waals surface area (Å²) in [4.78, 5) is 0. The van der Waals surface area contributed by atoms with Gasteiger partial charge in [0.1, 0.15) is 0 Å². The van der Waals surface area contributed by atoms with Gasteiger partial charge in [0.15, 0.2) is 5.57 Å². The van der Waals surface area contributed by atoms with Crippen LogP contribution in [0.15, 0.2) is 17.2 Å².